The van der Waals surface area contributed by atoms with E-state index in [1.54, 1.807) is 0 Å². The van der Waals surface area contributed by atoms with Crippen LogP contribution in [0.1, 0.15) is 17.0 Å². The molecule has 0 aromatic heterocycles. The molecule has 22 heavy (non-hydrogen) atoms. The van der Waals surface area contributed by atoms with E-state index in [2.05, 4.69) is 11.0 Å². The van der Waals surface area contributed by atoms with Crippen LogP contribution in [0.15, 0.2) is 54.6 Å². The number of hydrogen-bond acceptors (Lipinski definition) is 2. The van der Waals surface area contributed by atoms with E-state index >= 15 is 0 Å². The summed E-state index contributed by atoms with van der Waals surface area (Å²) in [6, 6.07) is 20.3. The van der Waals surface area contributed by atoms with Gasteiger partial charge in [-0.05, 0) is 23.3 Å². The van der Waals surface area contributed by atoms with Gasteiger partial charge in [0.2, 0.25) is 0 Å². The number of rotatable bonds is 7. The monoisotopic (exact) mass is 332 g/mol. The van der Waals surface area contributed by atoms with Crippen LogP contribution in [-0.4, -0.2) is 24.8 Å². The van der Waals surface area contributed by atoms with Gasteiger partial charge in [-0.1, -0.05) is 42.5 Å². The first-order valence-electron chi connectivity index (χ1n) is 7.21. The van der Waals surface area contributed by atoms with Crippen LogP contribution in [0.25, 0.3) is 0 Å². The Morgan fingerprint density at radius 3 is 1.91 bits per heavy atom. The summed E-state index contributed by atoms with van der Waals surface area (Å²) >= 11 is 11.7. The molecule has 0 aliphatic carbocycles. The van der Waals surface area contributed by atoms with Gasteiger partial charge in [0.25, 0.3) is 0 Å². The highest BCUT2D eigenvalue weighted by Gasteiger charge is 2.13. The fraction of sp³-hybridized carbons (Fsp3) is 0.278. The molecule has 2 rings (SSSR count). The molecule has 0 amide bonds. The van der Waals surface area contributed by atoms with Crippen LogP contribution in [0.5, 0.6) is 0 Å². The number of halogens is 2. The summed E-state index contributed by atoms with van der Waals surface area (Å²) in [7, 11) is 0. The number of benzene rings is 2. The maximum absolute atomic E-state index is 9.48. The van der Waals surface area contributed by atoms with Crippen molar-refractivity contribution in [1.29, 1.82) is 5.26 Å². The molecule has 0 saturated heterocycles. The largest absolute Gasteiger partial charge is 0.369 e. The quantitative estimate of drug-likeness (QED) is 0.691. The first-order valence-corrected chi connectivity index (χ1v) is 8.28. The second kappa shape index (κ2) is 8.68. The van der Waals surface area contributed by atoms with Crippen molar-refractivity contribution in [2.45, 2.75) is 5.92 Å². The van der Waals surface area contributed by atoms with Crippen molar-refractivity contribution in [3.63, 3.8) is 0 Å². The van der Waals surface area contributed by atoms with Gasteiger partial charge in [0.1, 0.15) is 0 Å². The lowest BCUT2D eigenvalue weighted by molar-refractivity contribution is 0.873. The Balaban J connectivity index is 2.22. The Hall–Kier alpha value is -1.69. The van der Waals surface area contributed by atoms with Gasteiger partial charge in [0, 0.05) is 30.5 Å². The SMILES string of the molecule is N#CC(c1ccccc1)c1ccc(N(CCCl)CCCl)cc1. The molecule has 1 unspecified atom stereocenters. The molecule has 0 radical (unpaired) electrons. The highest BCUT2D eigenvalue weighted by molar-refractivity contribution is 6.18. The molecule has 0 aliphatic heterocycles. The smallest absolute Gasteiger partial charge is 0.0962 e. The van der Waals surface area contributed by atoms with Crippen molar-refractivity contribution in [2.24, 2.45) is 0 Å². The van der Waals surface area contributed by atoms with Crippen molar-refractivity contribution >= 4 is 28.9 Å². The highest BCUT2D eigenvalue weighted by atomic mass is 35.5. The fourth-order valence-electron chi connectivity index (χ4n) is 2.44. The van der Waals surface area contributed by atoms with E-state index in [9.17, 15) is 5.26 Å². The molecular formula is C18H18Cl2N2. The predicted octanol–water partition coefficient (Wildman–Crippen LogP) is 4.63. The third kappa shape index (κ3) is 4.16. The number of nitrogens with zero attached hydrogens (tertiary/aromatic N) is 2. The first-order chi connectivity index (χ1) is 10.8. The van der Waals surface area contributed by atoms with E-state index in [1.807, 2.05) is 54.6 Å². The zero-order chi connectivity index (χ0) is 15.8. The minimum absolute atomic E-state index is 0.246. The minimum Gasteiger partial charge on any atom is -0.369 e. The van der Waals surface area contributed by atoms with Gasteiger partial charge in [0.05, 0.1) is 12.0 Å². The molecule has 2 nitrogen and oxygen atoms in total. The molecule has 0 heterocycles. The Labute approximate surface area is 141 Å². The summed E-state index contributed by atoms with van der Waals surface area (Å²) in [6.07, 6.45) is 0. The molecular weight excluding hydrogens is 315 g/mol. The molecule has 0 bridgehead atoms. The lowest BCUT2D eigenvalue weighted by atomic mass is 9.92. The first kappa shape index (κ1) is 16.7. The predicted molar refractivity (Wildman–Crippen MR) is 94.0 cm³/mol. The van der Waals surface area contributed by atoms with Crippen LogP contribution >= 0.6 is 23.2 Å². The van der Waals surface area contributed by atoms with Crippen molar-refractivity contribution in [2.75, 3.05) is 29.7 Å². The average Bonchev–Trinajstić information content (AvgIpc) is 2.57. The molecule has 4 heteroatoms. The van der Waals surface area contributed by atoms with E-state index in [1.165, 1.54) is 0 Å². The molecule has 0 fully saturated rings. The summed E-state index contributed by atoms with van der Waals surface area (Å²) in [6.45, 7) is 1.52. The van der Waals surface area contributed by atoms with Crippen molar-refractivity contribution in [3.05, 3.63) is 65.7 Å². The van der Waals surface area contributed by atoms with E-state index in [-0.39, 0.29) is 5.92 Å². The standard InChI is InChI=1S/C18H18Cl2N2/c19-10-12-22(13-11-20)17-8-6-16(7-9-17)18(14-21)15-4-2-1-3-5-15/h1-9,18H,10-13H2. The number of nitriles is 1. The summed E-state index contributed by atoms with van der Waals surface area (Å²) in [5.41, 5.74) is 3.08. The lowest BCUT2D eigenvalue weighted by Gasteiger charge is -2.23. The average molecular weight is 333 g/mol. The normalized spacial score (nSPS) is 11.7. The molecule has 0 N–H and O–H groups in total. The van der Waals surface area contributed by atoms with Crippen molar-refractivity contribution < 1.29 is 0 Å². The Morgan fingerprint density at radius 1 is 0.864 bits per heavy atom. The van der Waals surface area contributed by atoms with Gasteiger partial charge in [-0.2, -0.15) is 5.26 Å². The van der Waals surface area contributed by atoms with E-state index in [0.29, 0.717) is 11.8 Å². The van der Waals surface area contributed by atoms with Crippen LogP contribution in [0.3, 0.4) is 0 Å². The second-order valence-corrected chi connectivity index (χ2v) is 5.69. The molecule has 0 aliphatic rings. The van der Waals surface area contributed by atoms with Crippen LogP contribution < -0.4 is 4.90 Å². The maximum Gasteiger partial charge on any atom is 0.0962 e. The van der Waals surface area contributed by atoms with Gasteiger partial charge < -0.3 is 4.90 Å². The molecule has 0 spiro atoms. The van der Waals surface area contributed by atoms with Gasteiger partial charge in [-0.25, -0.2) is 0 Å². The number of hydrogen-bond donors (Lipinski definition) is 0. The summed E-state index contributed by atoms with van der Waals surface area (Å²) in [4.78, 5) is 2.15. The summed E-state index contributed by atoms with van der Waals surface area (Å²) < 4.78 is 0. The van der Waals surface area contributed by atoms with Crippen LogP contribution in [0.2, 0.25) is 0 Å². The van der Waals surface area contributed by atoms with Crippen LogP contribution in [0.4, 0.5) is 5.69 Å². The van der Waals surface area contributed by atoms with E-state index in [0.717, 1.165) is 29.9 Å². The van der Waals surface area contributed by atoms with Crippen LogP contribution in [0, 0.1) is 11.3 Å². The van der Waals surface area contributed by atoms with Gasteiger partial charge in [0.15, 0.2) is 0 Å². The van der Waals surface area contributed by atoms with E-state index < -0.39 is 0 Å². The topological polar surface area (TPSA) is 27.0 Å². The maximum atomic E-state index is 9.48. The Bertz CT molecular complexity index is 599. The fourth-order valence-corrected chi connectivity index (χ4v) is 2.85. The molecule has 0 saturated carbocycles. The summed E-state index contributed by atoms with van der Waals surface area (Å²) in [5.74, 6) is 0.872. The van der Waals surface area contributed by atoms with Gasteiger partial charge >= 0.3 is 0 Å². The zero-order valence-corrected chi connectivity index (χ0v) is 13.8. The second-order valence-electron chi connectivity index (χ2n) is 4.93. The Kier molecular flexibility index (Phi) is 6.58. The van der Waals surface area contributed by atoms with Crippen molar-refractivity contribution in [3.8, 4) is 6.07 Å². The number of anilines is 1. The molecule has 1 atom stereocenters. The summed E-state index contributed by atoms with van der Waals surface area (Å²) in [5, 5.41) is 9.48. The van der Waals surface area contributed by atoms with Gasteiger partial charge in [-0.15, -0.1) is 23.2 Å². The Morgan fingerprint density at radius 2 is 1.41 bits per heavy atom. The van der Waals surface area contributed by atoms with Gasteiger partial charge in [-0.3, -0.25) is 0 Å². The van der Waals surface area contributed by atoms with Crippen molar-refractivity contribution in [1.82, 2.24) is 0 Å². The third-order valence-corrected chi connectivity index (χ3v) is 3.90. The number of alkyl halides is 2. The lowest BCUT2D eigenvalue weighted by Crippen LogP contribution is -2.27. The molecule has 2 aromatic carbocycles. The minimum atomic E-state index is -0.246. The third-order valence-electron chi connectivity index (χ3n) is 3.56. The molecule has 114 valence electrons. The van der Waals surface area contributed by atoms with E-state index in [4.69, 9.17) is 23.2 Å². The highest BCUT2D eigenvalue weighted by Crippen LogP contribution is 2.26. The molecule has 2 aromatic rings. The zero-order valence-electron chi connectivity index (χ0n) is 12.3. The van der Waals surface area contributed by atoms with Crippen LogP contribution in [-0.2, 0) is 0 Å².